The van der Waals surface area contributed by atoms with E-state index in [0.29, 0.717) is 19.1 Å². The number of aldehydes is 1. The molecule has 0 atom stereocenters. The largest absolute Gasteiger partial charge is 0.493 e. The number of aryl methyl sites for hydroxylation is 1. The minimum absolute atomic E-state index is 0.0218. The monoisotopic (exact) mass is 414 g/mol. The van der Waals surface area contributed by atoms with Crippen LogP contribution in [0.5, 0.6) is 5.75 Å². The van der Waals surface area contributed by atoms with Crippen molar-refractivity contribution in [2.24, 2.45) is 0 Å². The highest BCUT2D eigenvalue weighted by atomic mass is 16.7. The molecule has 1 fully saturated rings. The highest BCUT2D eigenvalue weighted by Gasteiger charge is 2.21. The van der Waals surface area contributed by atoms with Crippen LogP contribution >= 0.6 is 0 Å². The van der Waals surface area contributed by atoms with Crippen molar-refractivity contribution >= 4 is 6.29 Å². The van der Waals surface area contributed by atoms with E-state index in [0.717, 1.165) is 41.4 Å². The topological polar surface area (TPSA) is 64.8 Å². The van der Waals surface area contributed by atoms with Gasteiger partial charge in [0.1, 0.15) is 17.8 Å². The molecule has 1 aromatic heterocycles. The number of ether oxygens (including phenoxy) is 1. The van der Waals surface area contributed by atoms with E-state index in [4.69, 9.17) is 19.0 Å². The molecule has 0 saturated heterocycles. The summed E-state index contributed by atoms with van der Waals surface area (Å²) >= 11 is 0. The molecule has 6 heteroatoms. The van der Waals surface area contributed by atoms with Gasteiger partial charge >= 0.3 is 0 Å². The number of hydroxylamine groups is 2. The zero-order chi connectivity index (χ0) is 21.3. The zero-order valence-electron chi connectivity index (χ0n) is 18.4. The second kappa shape index (κ2) is 11.3. The Labute approximate surface area is 179 Å². The molecule has 0 spiro atoms. The smallest absolute Gasteiger partial charge is 0.197 e. The Bertz CT molecular complexity index is 796. The van der Waals surface area contributed by atoms with Gasteiger partial charge in [-0.15, -0.1) is 0 Å². The van der Waals surface area contributed by atoms with E-state index < -0.39 is 0 Å². The highest BCUT2D eigenvalue weighted by molar-refractivity contribution is 5.51. The molecular formula is C24H34N2O4. The molecule has 2 aromatic rings. The predicted molar refractivity (Wildman–Crippen MR) is 115 cm³/mol. The van der Waals surface area contributed by atoms with E-state index >= 15 is 0 Å². The van der Waals surface area contributed by atoms with Gasteiger partial charge in [0.25, 0.3) is 0 Å². The van der Waals surface area contributed by atoms with Crippen LogP contribution in [-0.4, -0.2) is 35.6 Å². The average Bonchev–Trinajstić information content (AvgIpc) is 3.09. The first-order chi connectivity index (χ1) is 14.5. The lowest BCUT2D eigenvalue weighted by Gasteiger charge is -2.22. The fourth-order valence-electron chi connectivity index (χ4n) is 3.94. The Kier molecular flexibility index (Phi) is 8.46. The Hall–Kier alpha value is -2.18. The SMILES string of the molecule is Cc1oc(C2CCCCC2)nc1CCOc1cccc(CN(CC=O)OC(C)C)c1. The summed E-state index contributed by atoms with van der Waals surface area (Å²) in [6.07, 6.45) is 7.83. The first kappa shape index (κ1) is 22.5. The lowest BCUT2D eigenvalue weighted by Crippen LogP contribution is -2.28. The molecule has 1 aliphatic rings. The number of carbonyl (C=O) groups is 1. The quantitative estimate of drug-likeness (QED) is 0.381. The summed E-state index contributed by atoms with van der Waals surface area (Å²) in [5.74, 6) is 3.09. The second-order valence-corrected chi connectivity index (χ2v) is 8.28. The number of hydrogen-bond acceptors (Lipinski definition) is 6. The lowest BCUT2D eigenvalue weighted by atomic mass is 9.89. The normalized spacial score (nSPS) is 15.1. The number of rotatable bonds is 11. The summed E-state index contributed by atoms with van der Waals surface area (Å²) < 4.78 is 11.9. The number of oxazole rings is 1. The van der Waals surface area contributed by atoms with E-state index in [2.05, 4.69) is 0 Å². The molecule has 0 radical (unpaired) electrons. The van der Waals surface area contributed by atoms with Crippen molar-refractivity contribution in [3.63, 3.8) is 0 Å². The maximum atomic E-state index is 10.9. The van der Waals surface area contributed by atoms with E-state index in [1.54, 1.807) is 5.06 Å². The van der Waals surface area contributed by atoms with Crippen LogP contribution in [0.3, 0.4) is 0 Å². The van der Waals surface area contributed by atoms with Crippen LogP contribution in [0.25, 0.3) is 0 Å². The molecule has 3 rings (SSSR count). The Balaban J connectivity index is 1.53. The summed E-state index contributed by atoms with van der Waals surface area (Å²) in [7, 11) is 0. The summed E-state index contributed by atoms with van der Waals surface area (Å²) in [4.78, 5) is 21.3. The van der Waals surface area contributed by atoms with E-state index in [1.807, 2.05) is 45.0 Å². The van der Waals surface area contributed by atoms with Crippen molar-refractivity contribution < 1.29 is 18.8 Å². The molecule has 1 heterocycles. The van der Waals surface area contributed by atoms with Gasteiger partial charge in [-0.05, 0) is 51.3 Å². The van der Waals surface area contributed by atoms with Crippen molar-refractivity contribution in [3.8, 4) is 5.75 Å². The van der Waals surface area contributed by atoms with Gasteiger partial charge in [0, 0.05) is 18.9 Å². The molecule has 6 nitrogen and oxygen atoms in total. The van der Waals surface area contributed by atoms with Gasteiger partial charge < -0.3 is 13.9 Å². The maximum Gasteiger partial charge on any atom is 0.197 e. The molecule has 1 saturated carbocycles. The van der Waals surface area contributed by atoms with Crippen LogP contribution in [0.15, 0.2) is 28.7 Å². The van der Waals surface area contributed by atoms with Crippen molar-refractivity contribution in [2.45, 2.75) is 77.9 Å². The number of hydrogen-bond donors (Lipinski definition) is 0. The fraction of sp³-hybridized carbons (Fsp3) is 0.583. The summed E-state index contributed by atoms with van der Waals surface area (Å²) in [6, 6.07) is 7.90. The third-order valence-corrected chi connectivity index (χ3v) is 5.37. The van der Waals surface area contributed by atoms with Gasteiger partial charge in [-0.2, -0.15) is 5.06 Å². The first-order valence-electron chi connectivity index (χ1n) is 11.1. The summed E-state index contributed by atoms with van der Waals surface area (Å²) in [6.45, 7) is 7.19. The molecule has 30 heavy (non-hydrogen) atoms. The van der Waals surface area contributed by atoms with Crippen molar-refractivity contribution in [3.05, 3.63) is 47.2 Å². The van der Waals surface area contributed by atoms with Gasteiger partial charge in [-0.25, -0.2) is 4.98 Å². The van der Waals surface area contributed by atoms with E-state index in [9.17, 15) is 4.79 Å². The standard InChI is InChI=1S/C24H34N2O4/c1-18(2)30-26(13-14-27)17-20-8-7-11-22(16-20)28-15-12-23-19(3)29-24(25-23)21-9-5-4-6-10-21/h7-8,11,14,16,18,21H,4-6,9-10,12-13,15,17H2,1-3H3. The van der Waals surface area contributed by atoms with Crippen LogP contribution in [0.1, 0.15) is 74.8 Å². The predicted octanol–water partition coefficient (Wildman–Crippen LogP) is 4.99. The molecule has 0 bridgehead atoms. The fourth-order valence-corrected chi connectivity index (χ4v) is 3.94. The van der Waals surface area contributed by atoms with Crippen LogP contribution < -0.4 is 4.74 Å². The van der Waals surface area contributed by atoms with Gasteiger partial charge in [0.15, 0.2) is 5.89 Å². The molecular weight excluding hydrogens is 380 g/mol. The molecule has 164 valence electrons. The first-order valence-corrected chi connectivity index (χ1v) is 11.1. The number of aromatic nitrogens is 1. The van der Waals surface area contributed by atoms with Crippen LogP contribution in [0, 0.1) is 6.92 Å². The van der Waals surface area contributed by atoms with Crippen molar-refractivity contribution in [1.82, 2.24) is 10.0 Å². The Morgan fingerprint density at radius 3 is 2.80 bits per heavy atom. The number of carbonyl (C=O) groups excluding carboxylic acids is 1. The van der Waals surface area contributed by atoms with Crippen LogP contribution in [0.4, 0.5) is 0 Å². The molecule has 0 amide bonds. The van der Waals surface area contributed by atoms with Crippen molar-refractivity contribution in [2.75, 3.05) is 13.2 Å². The average molecular weight is 415 g/mol. The lowest BCUT2D eigenvalue weighted by molar-refractivity contribution is -0.191. The Morgan fingerprint density at radius 1 is 1.27 bits per heavy atom. The molecule has 0 aliphatic heterocycles. The van der Waals surface area contributed by atoms with Gasteiger partial charge in [-0.3, -0.25) is 4.84 Å². The van der Waals surface area contributed by atoms with Gasteiger partial charge in [-0.1, -0.05) is 31.4 Å². The third-order valence-electron chi connectivity index (χ3n) is 5.37. The number of benzene rings is 1. The summed E-state index contributed by atoms with van der Waals surface area (Å²) in [5.41, 5.74) is 2.03. The van der Waals surface area contributed by atoms with Crippen LogP contribution in [0.2, 0.25) is 0 Å². The summed E-state index contributed by atoms with van der Waals surface area (Å²) in [5, 5.41) is 1.67. The van der Waals surface area contributed by atoms with Gasteiger partial charge in [0.2, 0.25) is 0 Å². The van der Waals surface area contributed by atoms with Crippen molar-refractivity contribution in [1.29, 1.82) is 0 Å². The van der Waals surface area contributed by atoms with Gasteiger partial charge in [0.05, 0.1) is 24.9 Å². The molecule has 1 aromatic carbocycles. The second-order valence-electron chi connectivity index (χ2n) is 8.28. The van der Waals surface area contributed by atoms with E-state index in [1.165, 1.54) is 32.1 Å². The highest BCUT2D eigenvalue weighted by Crippen LogP contribution is 2.33. The van der Waals surface area contributed by atoms with Crippen LogP contribution in [-0.2, 0) is 22.6 Å². The Morgan fingerprint density at radius 2 is 2.07 bits per heavy atom. The number of nitrogens with zero attached hydrogens (tertiary/aromatic N) is 2. The molecule has 1 aliphatic carbocycles. The minimum Gasteiger partial charge on any atom is -0.493 e. The zero-order valence-corrected chi connectivity index (χ0v) is 18.4. The minimum atomic E-state index is 0.0218. The molecule has 0 N–H and O–H groups in total. The maximum absolute atomic E-state index is 10.9. The third kappa shape index (κ3) is 6.67. The molecule has 0 unspecified atom stereocenters. The van der Waals surface area contributed by atoms with E-state index in [-0.39, 0.29) is 12.6 Å².